The van der Waals surface area contributed by atoms with Crippen molar-refractivity contribution in [2.45, 2.75) is 36.7 Å². The van der Waals surface area contributed by atoms with Crippen LogP contribution in [0.2, 0.25) is 0 Å². The Bertz CT molecular complexity index is 723. The summed E-state index contributed by atoms with van der Waals surface area (Å²) in [5.41, 5.74) is 0.158. The van der Waals surface area contributed by atoms with Gasteiger partial charge in [-0.05, 0) is 37.7 Å². The molecule has 24 heavy (non-hydrogen) atoms. The third kappa shape index (κ3) is 3.52. The van der Waals surface area contributed by atoms with Crippen molar-refractivity contribution in [2.24, 2.45) is 11.1 Å². The number of ether oxygens (including phenoxy) is 1. The number of nitro benzene ring substituents is 1. The molecule has 1 atom stereocenters. The van der Waals surface area contributed by atoms with Crippen LogP contribution in [0, 0.1) is 16.0 Å². The second-order valence-electron chi connectivity index (χ2n) is 6.33. The van der Waals surface area contributed by atoms with Crippen LogP contribution in [0.3, 0.4) is 0 Å². The molecule has 2 fully saturated rings. The van der Waals surface area contributed by atoms with Gasteiger partial charge in [-0.15, -0.1) is 0 Å². The quantitative estimate of drug-likeness (QED) is 0.648. The average molecular weight is 355 g/mol. The summed E-state index contributed by atoms with van der Waals surface area (Å²) in [6.45, 7) is 2.19. The van der Waals surface area contributed by atoms with Crippen molar-refractivity contribution in [3.8, 4) is 0 Å². The van der Waals surface area contributed by atoms with Gasteiger partial charge in [-0.25, -0.2) is 13.6 Å². The molecule has 8 nitrogen and oxygen atoms in total. The molecule has 0 radical (unpaired) electrons. The van der Waals surface area contributed by atoms with Gasteiger partial charge in [0.1, 0.15) is 4.90 Å². The molecule has 0 spiro atoms. The normalized spacial score (nSPS) is 22.7. The predicted octanol–water partition coefficient (Wildman–Crippen LogP) is 1.64. The minimum absolute atomic E-state index is 0.188. The molecule has 0 bridgehead atoms. The summed E-state index contributed by atoms with van der Waals surface area (Å²) in [6, 6.07) is 3.83. The van der Waals surface area contributed by atoms with E-state index in [0.717, 1.165) is 38.4 Å². The van der Waals surface area contributed by atoms with Gasteiger partial charge in [0.25, 0.3) is 5.69 Å². The molecule has 132 valence electrons. The number of piperidine rings is 1. The van der Waals surface area contributed by atoms with Crippen LogP contribution in [0.5, 0.6) is 0 Å². The zero-order chi connectivity index (χ0) is 17.3. The number of rotatable bonds is 4. The lowest BCUT2D eigenvalue weighted by Crippen LogP contribution is -2.38. The van der Waals surface area contributed by atoms with Crippen molar-refractivity contribution in [1.29, 1.82) is 0 Å². The van der Waals surface area contributed by atoms with E-state index < -0.39 is 14.9 Å². The van der Waals surface area contributed by atoms with Crippen molar-refractivity contribution in [1.82, 2.24) is 0 Å². The van der Waals surface area contributed by atoms with E-state index in [0.29, 0.717) is 30.8 Å². The van der Waals surface area contributed by atoms with E-state index >= 15 is 0 Å². The number of anilines is 1. The largest absolute Gasteiger partial charge is 0.378 e. The van der Waals surface area contributed by atoms with Gasteiger partial charge >= 0.3 is 0 Å². The number of benzene rings is 1. The molecule has 1 aromatic carbocycles. The fourth-order valence-corrected chi connectivity index (χ4v) is 4.37. The van der Waals surface area contributed by atoms with Gasteiger partial charge in [-0.1, -0.05) is 0 Å². The maximum atomic E-state index is 11.9. The number of nitrogens with two attached hydrogens (primary N) is 1. The monoisotopic (exact) mass is 355 g/mol. The molecule has 9 heteroatoms. The number of primary sulfonamides is 1. The Hall–Kier alpha value is -1.71. The highest BCUT2D eigenvalue weighted by Crippen LogP contribution is 2.34. The van der Waals surface area contributed by atoms with E-state index in [9.17, 15) is 18.5 Å². The first-order valence-corrected chi connectivity index (χ1v) is 9.58. The fraction of sp³-hybridized carbons (Fsp3) is 0.600. The van der Waals surface area contributed by atoms with Gasteiger partial charge in [-0.3, -0.25) is 10.1 Å². The van der Waals surface area contributed by atoms with E-state index in [1.165, 1.54) is 12.1 Å². The van der Waals surface area contributed by atoms with E-state index in [2.05, 4.69) is 0 Å². The molecule has 1 unspecified atom stereocenters. The number of hydrogen-bond acceptors (Lipinski definition) is 6. The molecule has 0 amide bonds. The van der Waals surface area contributed by atoms with Crippen LogP contribution in [0.25, 0.3) is 0 Å². The fourth-order valence-electron chi connectivity index (χ4n) is 3.59. The molecular formula is C15H21N3O5S. The highest BCUT2D eigenvalue weighted by molar-refractivity contribution is 7.89. The topological polar surface area (TPSA) is 116 Å². The van der Waals surface area contributed by atoms with E-state index in [1.54, 1.807) is 0 Å². The molecule has 0 aliphatic carbocycles. The lowest BCUT2D eigenvalue weighted by molar-refractivity contribution is -0.385. The van der Waals surface area contributed by atoms with Crippen LogP contribution in [0.4, 0.5) is 11.4 Å². The SMILES string of the molecule is NS(=O)(=O)c1cc([N+](=O)[O-])ccc1N1CCC(C2CCCO2)CC1. The van der Waals surface area contributed by atoms with Crippen molar-refractivity contribution in [3.63, 3.8) is 0 Å². The number of hydrogen-bond donors (Lipinski definition) is 1. The van der Waals surface area contributed by atoms with E-state index in [1.807, 2.05) is 4.90 Å². The number of nitrogens with zero attached hydrogens (tertiary/aromatic N) is 2. The second-order valence-corrected chi connectivity index (χ2v) is 7.86. The van der Waals surface area contributed by atoms with Gasteiger partial charge in [0, 0.05) is 31.8 Å². The van der Waals surface area contributed by atoms with Crippen molar-refractivity contribution >= 4 is 21.4 Å². The Morgan fingerprint density at radius 2 is 1.96 bits per heavy atom. The maximum absolute atomic E-state index is 11.9. The first-order chi connectivity index (χ1) is 11.4. The standard InChI is InChI=1S/C15H21N3O5S/c16-24(21,22)15-10-12(18(19)20)3-4-13(15)17-7-5-11(6-8-17)14-2-1-9-23-14/h3-4,10-11,14H,1-2,5-9H2,(H2,16,21,22). The van der Waals surface area contributed by atoms with E-state index in [-0.39, 0.29) is 10.6 Å². The lowest BCUT2D eigenvalue weighted by Gasteiger charge is -2.36. The molecule has 2 saturated heterocycles. The Kier molecular flexibility index (Phi) is 4.75. The van der Waals surface area contributed by atoms with Gasteiger partial charge in [0.2, 0.25) is 10.0 Å². The summed E-state index contributed by atoms with van der Waals surface area (Å²) in [7, 11) is -4.04. The number of nitro groups is 1. The number of non-ortho nitro benzene ring substituents is 1. The minimum atomic E-state index is -4.04. The zero-order valence-corrected chi connectivity index (χ0v) is 14.1. The summed E-state index contributed by atoms with van der Waals surface area (Å²) < 4.78 is 29.5. The predicted molar refractivity (Wildman–Crippen MR) is 88.4 cm³/mol. The molecule has 2 aliphatic rings. The Balaban J connectivity index is 1.81. The van der Waals surface area contributed by atoms with Crippen LogP contribution >= 0.6 is 0 Å². The van der Waals surface area contributed by atoms with Gasteiger partial charge < -0.3 is 9.64 Å². The highest BCUT2D eigenvalue weighted by Gasteiger charge is 2.31. The molecule has 0 saturated carbocycles. The van der Waals surface area contributed by atoms with Gasteiger partial charge in [-0.2, -0.15) is 0 Å². The van der Waals surface area contributed by atoms with Crippen LogP contribution in [-0.2, 0) is 14.8 Å². The van der Waals surface area contributed by atoms with E-state index in [4.69, 9.17) is 9.88 Å². The van der Waals surface area contributed by atoms with Crippen LogP contribution in [0.15, 0.2) is 23.1 Å². The van der Waals surface area contributed by atoms with Gasteiger partial charge in [0.15, 0.2) is 0 Å². The van der Waals surface area contributed by atoms with Crippen molar-refractivity contribution < 1.29 is 18.1 Å². The molecule has 2 N–H and O–H groups in total. The first kappa shape index (κ1) is 17.1. The van der Waals surface area contributed by atoms with Gasteiger partial charge in [0.05, 0.1) is 16.7 Å². The zero-order valence-electron chi connectivity index (χ0n) is 13.3. The smallest absolute Gasteiger partial charge is 0.270 e. The summed E-state index contributed by atoms with van der Waals surface area (Å²) in [5, 5.41) is 16.2. The third-order valence-electron chi connectivity index (χ3n) is 4.83. The Morgan fingerprint density at radius 1 is 1.25 bits per heavy atom. The summed E-state index contributed by atoms with van der Waals surface area (Å²) in [6.07, 6.45) is 4.31. The molecule has 1 aromatic rings. The maximum Gasteiger partial charge on any atom is 0.270 e. The molecule has 2 aliphatic heterocycles. The van der Waals surface area contributed by atoms with Crippen molar-refractivity contribution in [2.75, 3.05) is 24.6 Å². The summed E-state index contributed by atoms with van der Waals surface area (Å²) in [4.78, 5) is 12.0. The van der Waals surface area contributed by atoms with Crippen LogP contribution in [-0.4, -0.2) is 39.1 Å². The minimum Gasteiger partial charge on any atom is -0.378 e. The first-order valence-electron chi connectivity index (χ1n) is 8.04. The van der Waals surface area contributed by atoms with Crippen LogP contribution < -0.4 is 10.0 Å². The average Bonchev–Trinajstić information content (AvgIpc) is 3.08. The summed E-state index contributed by atoms with van der Waals surface area (Å²) in [5.74, 6) is 0.486. The second kappa shape index (κ2) is 6.66. The molecule has 2 heterocycles. The number of sulfonamides is 1. The molecule has 3 rings (SSSR count). The molecule has 0 aromatic heterocycles. The molecular weight excluding hydrogens is 334 g/mol. The van der Waals surface area contributed by atoms with Crippen molar-refractivity contribution in [3.05, 3.63) is 28.3 Å². The third-order valence-corrected chi connectivity index (χ3v) is 5.77. The summed E-state index contributed by atoms with van der Waals surface area (Å²) >= 11 is 0. The lowest BCUT2D eigenvalue weighted by atomic mass is 9.89. The van der Waals surface area contributed by atoms with Crippen LogP contribution in [0.1, 0.15) is 25.7 Å². The Morgan fingerprint density at radius 3 is 2.50 bits per heavy atom. The Labute approximate surface area is 140 Å². The highest BCUT2D eigenvalue weighted by atomic mass is 32.2.